The summed E-state index contributed by atoms with van der Waals surface area (Å²) in [4.78, 5) is 11.2. The largest absolute Gasteiger partial charge is 0.289 e. The molecule has 1 fully saturated rings. The zero-order valence-corrected chi connectivity index (χ0v) is 7.41. The van der Waals surface area contributed by atoms with Crippen LogP contribution in [0.3, 0.4) is 0 Å². The molecule has 0 aromatic heterocycles. The van der Waals surface area contributed by atoms with Crippen LogP contribution >= 0.6 is 11.8 Å². The first-order valence-electron chi connectivity index (χ1n) is 3.77. The van der Waals surface area contributed by atoms with Gasteiger partial charge in [-0.05, 0) is 18.6 Å². The number of carbonyl (C=O) groups is 1. The predicted molar refractivity (Wildman–Crippen MR) is 44.6 cm³/mol. The van der Waals surface area contributed by atoms with Crippen LogP contribution in [0.4, 0.5) is 0 Å². The van der Waals surface area contributed by atoms with Gasteiger partial charge in [0.2, 0.25) is 5.91 Å². The molecule has 1 aliphatic rings. The highest BCUT2D eigenvalue weighted by atomic mass is 32.2. The molecule has 0 spiro atoms. The molecule has 1 heterocycles. The topological polar surface area (TPSA) is 49.3 Å². The van der Waals surface area contributed by atoms with Crippen molar-refractivity contribution in [2.24, 2.45) is 5.41 Å². The van der Waals surface area contributed by atoms with Gasteiger partial charge in [0.1, 0.15) is 0 Å². The second-order valence-corrected chi connectivity index (χ2v) is 3.98. The Morgan fingerprint density at radius 1 is 1.82 bits per heavy atom. The molecule has 1 saturated heterocycles. The van der Waals surface area contributed by atoms with Crippen LogP contribution in [0.5, 0.6) is 0 Å². The van der Waals surface area contributed by atoms with Gasteiger partial charge in [0.25, 0.3) is 0 Å². The molecule has 1 amide bonds. The van der Waals surface area contributed by atoms with Crippen LogP contribution in [0.1, 0.15) is 19.8 Å². The van der Waals surface area contributed by atoms with E-state index in [0.29, 0.717) is 0 Å². The van der Waals surface area contributed by atoms with Crippen LogP contribution in [0, 0.1) is 5.41 Å². The Labute approximate surface area is 70.5 Å². The number of carbonyl (C=O) groups excluding carboxylic acids is 1. The molecule has 3 nitrogen and oxygen atoms in total. The molecule has 0 bridgehead atoms. The second kappa shape index (κ2) is 3.45. The lowest BCUT2D eigenvalue weighted by Crippen LogP contribution is -2.39. The molecule has 1 unspecified atom stereocenters. The minimum atomic E-state index is -0.292. The highest BCUT2D eigenvalue weighted by Crippen LogP contribution is 2.38. The van der Waals surface area contributed by atoms with Gasteiger partial charge in [-0.3, -0.25) is 10.0 Å². The Morgan fingerprint density at radius 3 is 2.91 bits per heavy atom. The van der Waals surface area contributed by atoms with Crippen molar-refractivity contribution >= 4 is 17.7 Å². The average molecular weight is 175 g/mol. The third-order valence-corrected chi connectivity index (χ3v) is 3.61. The van der Waals surface area contributed by atoms with Gasteiger partial charge in [0, 0.05) is 5.75 Å². The van der Waals surface area contributed by atoms with E-state index in [1.165, 1.54) is 0 Å². The van der Waals surface area contributed by atoms with Crippen molar-refractivity contribution in [1.82, 2.24) is 5.48 Å². The van der Waals surface area contributed by atoms with E-state index in [1.54, 1.807) is 17.2 Å². The standard InChI is InChI=1S/C7H13NO2S/c1-2-7(6(9)8-10)3-4-11-5-7/h10H,2-5H2,1H3,(H,8,9). The van der Waals surface area contributed by atoms with E-state index in [4.69, 9.17) is 5.21 Å². The van der Waals surface area contributed by atoms with Gasteiger partial charge in [0.05, 0.1) is 5.41 Å². The summed E-state index contributed by atoms with van der Waals surface area (Å²) in [7, 11) is 0. The molecular weight excluding hydrogens is 162 g/mol. The van der Waals surface area contributed by atoms with E-state index in [2.05, 4.69) is 0 Å². The van der Waals surface area contributed by atoms with E-state index < -0.39 is 0 Å². The summed E-state index contributed by atoms with van der Waals surface area (Å²) in [6, 6.07) is 0. The molecule has 0 saturated carbocycles. The summed E-state index contributed by atoms with van der Waals surface area (Å²) in [5.41, 5.74) is 1.45. The van der Waals surface area contributed by atoms with Gasteiger partial charge in [-0.25, -0.2) is 5.48 Å². The Morgan fingerprint density at radius 2 is 2.55 bits per heavy atom. The maximum absolute atomic E-state index is 11.2. The quantitative estimate of drug-likeness (QED) is 0.486. The van der Waals surface area contributed by atoms with E-state index >= 15 is 0 Å². The Kier molecular flexibility index (Phi) is 2.78. The molecule has 11 heavy (non-hydrogen) atoms. The van der Waals surface area contributed by atoms with Gasteiger partial charge < -0.3 is 0 Å². The van der Waals surface area contributed by atoms with Crippen LogP contribution in [0.25, 0.3) is 0 Å². The Hall–Kier alpha value is -0.220. The number of hydrogen-bond donors (Lipinski definition) is 2. The Balaban J connectivity index is 2.66. The minimum absolute atomic E-state index is 0.218. The number of hydroxylamine groups is 1. The molecule has 0 aliphatic carbocycles. The van der Waals surface area contributed by atoms with Gasteiger partial charge in [-0.1, -0.05) is 6.92 Å². The van der Waals surface area contributed by atoms with Gasteiger partial charge in [-0.15, -0.1) is 0 Å². The maximum atomic E-state index is 11.2. The molecular formula is C7H13NO2S. The number of nitrogens with one attached hydrogen (secondary N) is 1. The van der Waals surface area contributed by atoms with Crippen LogP contribution in [0.2, 0.25) is 0 Å². The van der Waals surface area contributed by atoms with Crippen molar-refractivity contribution in [3.63, 3.8) is 0 Å². The van der Waals surface area contributed by atoms with Crippen LogP contribution in [0.15, 0.2) is 0 Å². The lowest BCUT2D eigenvalue weighted by Gasteiger charge is -2.22. The molecule has 0 aromatic carbocycles. The second-order valence-electron chi connectivity index (χ2n) is 2.88. The van der Waals surface area contributed by atoms with Gasteiger partial charge >= 0.3 is 0 Å². The summed E-state index contributed by atoms with van der Waals surface area (Å²) in [5, 5.41) is 8.48. The average Bonchev–Trinajstić information content (AvgIpc) is 2.52. The molecule has 0 aromatic rings. The summed E-state index contributed by atoms with van der Waals surface area (Å²) in [5.74, 6) is 1.65. The van der Waals surface area contributed by atoms with E-state index in [9.17, 15) is 4.79 Å². The minimum Gasteiger partial charge on any atom is -0.289 e. The zero-order valence-electron chi connectivity index (χ0n) is 6.59. The van der Waals surface area contributed by atoms with Crippen molar-refractivity contribution in [2.75, 3.05) is 11.5 Å². The van der Waals surface area contributed by atoms with Crippen molar-refractivity contribution in [3.05, 3.63) is 0 Å². The summed E-state index contributed by atoms with van der Waals surface area (Å²) in [6.45, 7) is 1.99. The van der Waals surface area contributed by atoms with Crippen molar-refractivity contribution in [2.45, 2.75) is 19.8 Å². The first kappa shape index (κ1) is 8.87. The number of hydrogen-bond acceptors (Lipinski definition) is 3. The third-order valence-electron chi connectivity index (χ3n) is 2.36. The van der Waals surface area contributed by atoms with Gasteiger partial charge in [-0.2, -0.15) is 11.8 Å². The fourth-order valence-electron chi connectivity index (χ4n) is 1.34. The fraction of sp³-hybridized carbons (Fsp3) is 0.857. The van der Waals surface area contributed by atoms with Crippen LogP contribution < -0.4 is 5.48 Å². The third kappa shape index (κ3) is 1.51. The van der Waals surface area contributed by atoms with Crippen LogP contribution in [-0.2, 0) is 4.79 Å². The van der Waals surface area contributed by atoms with Gasteiger partial charge in [0.15, 0.2) is 0 Å². The molecule has 64 valence electrons. The summed E-state index contributed by atoms with van der Waals surface area (Å²) >= 11 is 1.78. The summed E-state index contributed by atoms with van der Waals surface area (Å²) in [6.07, 6.45) is 1.70. The number of amides is 1. The van der Waals surface area contributed by atoms with E-state index in [1.807, 2.05) is 6.92 Å². The molecule has 2 N–H and O–H groups in total. The maximum Gasteiger partial charge on any atom is 0.250 e. The van der Waals surface area contributed by atoms with E-state index in [-0.39, 0.29) is 11.3 Å². The summed E-state index contributed by atoms with van der Waals surface area (Å²) < 4.78 is 0. The molecule has 1 rings (SSSR count). The SMILES string of the molecule is CCC1(C(=O)NO)CCSC1. The van der Waals surface area contributed by atoms with E-state index in [0.717, 1.165) is 24.3 Å². The normalized spacial score (nSPS) is 30.4. The Bertz CT molecular complexity index is 155. The number of thioether (sulfide) groups is 1. The molecule has 4 heteroatoms. The lowest BCUT2D eigenvalue weighted by atomic mass is 9.84. The fourth-order valence-corrected chi connectivity index (χ4v) is 2.89. The lowest BCUT2D eigenvalue weighted by molar-refractivity contribution is -0.138. The molecule has 1 atom stereocenters. The van der Waals surface area contributed by atoms with Crippen LogP contribution in [-0.4, -0.2) is 22.6 Å². The monoisotopic (exact) mass is 175 g/mol. The van der Waals surface area contributed by atoms with Crippen molar-refractivity contribution in [3.8, 4) is 0 Å². The van der Waals surface area contributed by atoms with Crippen molar-refractivity contribution in [1.29, 1.82) is 0 Å². The highest BCUT2D eigenvalue weighted by molar-refractivity contribution is 7.99. The first-order valence-corrected chi connectivity index (χ1v) is 4.93. The first-order chi connectivity index (χ1) is 5.25. The highest BCUT2D eigenvalue weighted by Gasteiger charge is 2.39. The molecule has 1 aliphatic heterocycles. The predicted octanol–water partition coefficient (Wildman–Crippen LogP) is 1.03. The number of rotatable bonds is 2. The van der Waals surface area contributed by atoms with Crippen molar-refractivity contribution < 1.29 is 10.0 Å². The molecule has 0 radical (unpaired) electrons. The smallest absolute Gasteiger partial charge is 0.250 e. The zero-order chi connectivity index (χ0) is 8.32.